The SMILES string of the molecule is COc1c(Cl)cccc1Nc1c(-c2ccnc(N)n2)[nH]c2c1C(=O)NCC21CCNCC1. The van der Waals surface area contributed by atoms with E-state index in [9.17, 15) is 4.79 Å². The van der Waals surface area contributed by atoms with Crippen molar-refractivity contribution in [1.82, 2.24) is 25.6 Å². The van der Waals surface area contributed by atoms with E-state index in [4.69, 9.17) is 22.1 Å². The van der Waals surface area contributed by atoms with E-state index >= 15 is 0 Å². The van der Waals surface area contributed by atoms with Gasteiger partial charge in [-0.25, -0.2) is 9.97 Å². The normalized spacial score (nSPS) is 17.0. The summed E-state index contributed by atoms with van der Waals surface area (Å²) in [7, 11) is 1.56. The van der Waals surface area contributed by atoms with Crippen LogP contribution in [-0.4, -0.2) is 47.6 Å². The Morgan fingerprint density at radius 3 is 2.81 bits per heavy atom. The molecule has 1 spiro atoms. The highest BCUT2D eigenvalue weighted by Crippen LogP contribution is 2.46. The highest BCUT2D eigenvalue weighted by atomic mass is 35.5. The molecule has 3 aromatic rings. The lowest BCUT2D eigenvalue weighted by Crippen LogP contribution is -2.52. The third-order valence-electron chi connectivity index (χ3n) is 6.27. The van der Waals surface area contributed by atoms with Crippen LogP contribution >= 0.6 is 11.6 Å². The summed E-state index contributed by atoms with van der Waals surface area (Å²) >= 11 is 6.34. The number of H-pyrrole nitrogens is 1. The summed E-state index contributed by atoms with van der Waals surface area (Å²) in [6, 6.07) is 7.19. The van der Waals surface area contributed by atoms with Crippen molar-refractivity contribution in [2.75, 3.05) is 37.8 Å². The van der Waals surface area contributed by atoms with Crippen LogP contribution in [0, 0.1) is 0 Å². The fraction of sp³-hybridized carbons (Fsp3) is 0.318. The molecule has 0 aliphatic carbocycles. The van der Waals surface area contributed by atoms with Gasteiger partial charge in [-0.3, -0.25) is 4.79 Å². The second kappa shape index (κ2) is 7.99. The summed E-state index contributed by atoms with van der Waals surface area (Å²) in [6.45, 7) is 2.36. The zero-order valence-corrected chi connectivity index (χ0v) is 18.3. The number of benzene rings is 1. The van der Waals surface area contributed by atoms with Crippen molar-refractivity contribution in [1.29, 1.82) is 0 Å². The average molecular weight is 454 g/mol. The van der Waals surface area contributed by atoms with Gasteiger partial charge < -0.3 is 31.4 Å². The van der Waals surface area contributed by atoms with E-state index in [0.29, 0.717) is 45.6 Å². The number of aromatic nitrogens is 3. The van der Waals surface area contributed by atoms with Crippen molar-refractivity contribution in [2.24, 2.45) is 0 Å². The largest absolute Gasteiger partial charge is 0.493 e. The molecule has 2 aliphatic heterocycles. The van der Waals surface area contributed by atoms with Crippen molar-refractivity contribution in [2.45, 2.75) is 18.3 Å². The fourth-order valence-corrected chi connectivity index (χ4v) is 4.91. The van der Waals surface area contributed by atoms with E-state index in [1.54, 1.807) is 25.4 Å². The topological polar surface area (TPSA) is 130 Å². The number of rotatable bonds is 4. The predicted octanol–water partition coefficient (Wildman–Crippen LogP) is 2.82. The Hall–Kier alpha value is -3.30. The van der Waals surface area contributed by atoms with Gasteiger partial charge >= 0.3 is 0 Å². The molecule has 2 aliphatic rings. The molecule has 6 N–H and O–H groups in total. The minimum atomic E-state index is -0.180. The molecule has 2 aromatic heterocycles. The van der Waals surface area contributed by atoms with Crippen LogP contribution in [0.5, 0.6) is 5.75 Å². The number of anilines is 3. The Morgan fingerprint density at radius 1 is 1.25 bits per heavy atom. The van der Waals surface area contributed by atoms with Crippen LogP contribution < -0.4 is 26.4 Å². The molecule has 0 bridgehead atoms. The predicted molar refractivity (Wildman–Crippen MR) is 124 cm³/mol. The van der Waals surface area contributed by atoms with Crippen LogP contribution in [0.2, 0.25) is 5.02 Å². The number of carbonyl (C=O) groups is 1. The van der Waals surface area contributed by atoms with Gasteiger partial charge in [-0.05, 0) is 44.1 Å². The molecule has 0 saturated carbocycles. The summed E-state index contributed by atoms with van der Waals surface area (Å²) in [5.41, 5.74) is 9.68. The number of amides is 1. The van der Waals surface area contributed by atoms with Crippen LogP contribution in [0.1, 0.15) is 28.9 Å². The zero-order chi connectivity index (χ0) is 22.3. The van der Waals surface area contributed by atoms with Gasteiger partial charge in [-0.15, -0.1) is 0 Å². The maximum Gasteiger partial charge on any atom is 0.255 e. The number of fused-ring (bicyclic) bond motifs is 2. The van der Waals surface area contributed by atoms with Gasteiger partial charge in [0.25, 0.3) is 5.91 Å². The lowest BCUT2D eigenvalue weighted by Gasteiger charge is -2.40. The highest BCUT2D eigenvalue weighted by Gasteiger charge is 2.44. The number of carbonyl (C=O) groups excluding carboxylic acids is 1. The van der Waals surface area contributed by atoms with E-state index in [1.165, 1.54) is 0 Å². The van der Waals surface area contributed by atoms with E-state index in [0.717, 1.165) is 31.6 Å². The van der Waals surface area contributed by atoms with Gasteiger partial charge in [0.2, 0.25) is 5.95 Å². The lowest BCUT2D eigenvalue weighted by molar-refractivity contribution is 0.0914. The number of nitrogen functional groups attached to an aromatic ring is 1. The Balaban J connectivity index is 1.73. The molecule has 1 fully saturated rings. The molecule has 5 rings (SSSR count). The second-order valence-corrected chi connectivity index (χ2v) is 8.49. The molecular weight excluding hydrogens is 430 g/mol. The Kier molecular flexibility index (Phi) is 5.15. The summed E-state index contributed by atoms with van der Waals surface area (Å²) in [5.74, 6) is 0.504. The minimum absolute atomic E-state index is 0.141. The summed E-state index contributed by atoms with van der Waals surface area (Å²) < 4.78 is 5.51. The number of hydrogen-bond acceptors (Lipinski definition) is 7. The van der Waals surface area contributed by atoms with Gasteiger partial charge in [0.15, 0.2) is 5.75 Å². The van der Waals surface area contributed by atoms with Crippen LogP contribution in [-0.2, 0) is 5.41 Å². The second-order valence-electron chi connectivity index (χ2n) is 8.08. The highest BCUT2D eigenvalue weighted by molar-refractivity contribution is 6.32. The maximum absolute atomic E-state index is 13.2. The third-order valence-corrected chi connectivity index (χ3v) is 6.56. The van der Waals surface area contributed by atoms with Crippen molar-refractivity contribution in [3.63, 3.8) is 0 Å². The van der Waals surface area contributed by atoms with E-state index in [1.807, 2.05) is 12.1 Å². The smallest absolute Gasteiger partial charge is 0.255 e. The number of piperidine rings is 1. The first kappa shape index (κ1) is 20.6. The molecule has 166 valence electrons. The van der Waals surface area contributed by atoms with Crippen molar-refractivity contribution >= 4 is 34.8 Å². The van der Waals surface area contributed by atoms with Crippen LogP contribution in [0.4, 0.5) is 17.3 Å². The van der Waals surface area contributed by atoms with Gasteiger partial charge in [-0.2, -0.15) is 0 Å². The third kappa shape index (κ3) is 3.34. The number of ether oxygens (including phenoxy) is 1. The summed E-state index contributed by atoms with van der Waals surface area (Å²) in [5, 5.41) is 10.4. The number of nitrogens with one attached hydrogen (secondary N) is 4. The van der Waals surface area contributed by atoms with Crippen LogP contribution in [0.25, 0.3) is 11.4 Å². The van der Waals surface area contributed by atoms with Gasteiger partial charge in [0.1, 0.15) is 0 Å². The quantitative estimate of drug-likeness (QED) is 0.410. The maximum atomic E-state index is 13.2. The number of nitrogens with zero attached hydrogens (tertiary/aromatic N) is 2. The number of hydrogen-bond donors (Lipinski definition) is 5. The molecule has 32 heavy (non-hydrogen) atoms. The molecule has 0 atom stereocenters. The number of methoxy groups -OCH3 is 1. The molecular formula is C22H24ClN7O2. The molecule has 0 unspecified atom stereocenters. The number of para-hydroxylation sites is 1. The van der Waals surface area contributed by atoms with Gasteiger partial charge in [-0.1, -0.05) is 17.7 Å². The molecule has 10 heteroatoms. The van der Waals surface area contributed by atoms with E-state index in [-0.39, 0.29) is 17.3 Å². The Bertz CT molecular complexity index is 1190. The first-order chi connectivity index (χ1) is 15.5. The molecule has 9 nitrogen and oxygen atoms in total. The number of nitrogens with two attached hydrogens (primary N) is 1. The van der Waals surface area contributed by atoms with E-state index < -0.39 is 0 Å². The van der Waals surface area contributed by atoms with Gasteiger partial charge in [0, 0.05) is 23.9 Å². The van der Waals surface area contributed by atoms with E-state index in [2.05, 4.69) is 30.9 Å². The number of halogens is 1. The van der Waals surface area contributed by atoms with Crippen LogP contribution in [0.15, 0.2) is 30.5 Å². The zero-order valence-electron chi connectivity index (χ0n) is 17.6. The minimum Gasteiger partial charge on any atom is -0.493 e. The Morgan fingerprint density at radius 2 is 2.06 bits per heavy atom. The first-order valence-corrected chi connectivity index (χ1v) is 10.8. The van der Waals surface area contributed by atoms with Crippen molar-refractivity contribution < 1.29 is 9.53 Å². The van der Waals surface area contributed by atoms with Crippen molar-refractivity contribution in [3.8, 4) is 17.1 Å². The summed E-state index contributed by atoms with van der Waals surface area (Å²) in [6.07, 6.45) is 3.42. The molecule has 1 saturated heterocycles. The van der Waals surface area contributed by atoms with Crippen LogP contribution in [0.3, 0.4) is 0 Å². The summed E-state index contributed by atoms with van der Waals surface area (Å²) in [4.78, 5) is 25.1. The van der Waals surface area contributed by atoms with Crippen molar-refractivity contribution in [3.05, 3.63) is 46.7 Å². The molecule has 4 heterocycles. The lowest BCUT2D eigenvalue weighted by atomic mass is 9.73. The Labute approximate surface area is 190 Å². The molecule has 1 amide bonds. The fourth-order valence-electron chi connectivity index (χ4n) is 4.66. The molecule has 1 aromatic carbocycles. The van der Waals surface area contributed by atoms with Gasteiger partial charge in [0.05, 0.1) is 40.5 Å². The number of aromatic amines is 1. The monoisotopic (exact) mass is 453 g/mol. The molecule has 0 radical (unpaired) electrons. The standard InChI is InChI=1S/C22H24ClN7O2/c1-32-18-12(23)3-2-4-14(18)28-17-15-19(30-16(17)13-5-8-26-21(24)29-13)22(11-27-20(15)31)6-9-25-10-7-22/h2-5,8,25,28,30H,6-7,9-11H2,1H3,(H,27,31)(H2,24,26,29). The average Bonchev–Trinajstić information content (AvgIpc) is 3.18. The first-order valence-electron chi connectivity index (χ1n) is 10.5.